The lowest BCUT2D eigenvalue weighted by Crippen LogP contribution is -1.93. The van der Waals surface area contributed by atoms with E-state index in [1.165, 1.54) is 26.9 Å². The molecule has 0 saturated carbocycles. The molecule has 5 heteroatoms. The molecule has 0 heterocycles. The van der Waals surface area contributed by atoms with Gasteiger partial charge < -0.3 is 0 Å². The number of hydrogen-bond acceptors (Lipinski definition) is 0. The molecular weight excluding hydrogens is 658 g/mol. The highest BCUT2D eigenvalue weighted by Crippen LogP contribution is 2.50. The molecule has 8 aromatic carbocycles. The minimum absolute atomic E-state index is 0.138. The average molecular weight is 679 g/mol. The second kappa shape index (κ2) is 11.2. The van der Waals surface area contributed by atoms with Crippen molar-refractivity contribution >= 4 is 101 Å². The Hall–Kier alpha value is -3.75. The second-order valence-corrected chi connectivity index (χ2v) is 13.0. The van der Waals surface area contributed by atoms with Gasteiger partial charge in [0.1, 0.15) is 0 Å². The summed E-state index contributed by atoms with van der Waals surface area (Å²) in [6.45, 7) is 0. The zero-order valence-corrected chi connectivity index (χ0v) is 27.3. The molecule has 0 atom stereocenters. The fraction of sp³-hybridized carbons (Fsp3) is 0. The highest BCUT2D eigenvalue weighted by Gasteiger charge is 2.23. The van der Waals surface area contributed by atoms with Gasteiger partial charge in [0.05, 0.1) is 25.1 Å². The minimum Gasteiger partial charge on any atom is -0.0819 e. The van der Waals surface area contributed by atoms with Gasteiger partial charge in [-0.3, -0.25) is 0 Å². The van der Waals surface area contributed by atoms with Gasteiger partial charge in [-0.2, -0.15) is 0 Å². The lowest BCUT2D eigenvalue weighted by atomic mass is 9.84. The maximum absolute atomic E-state index is 6.80. The van der Waals surface area contributed by atoms with Crippen molar-refractivity contribution < 1.29 is 0 Å². The smallest absolute Gasteiger partial charge is 0.0809 e. The van der Waals surface area contributed by atoms with Gasteiger partial charge in [-0.25, -0.2) is 0 Å². The molecule has 0 aromatic heterocycles. The minimum atomic E-state index is 0.138. The molecule has 0 aliphatic rings. The number of benzene rings is 8. The van der Waals surface area contributed by atoms with Crippen molar-refractivity contribution in [2.75, 3.05) is 0 Å². The van der Waals surface area contributed by atoms with E-state index in [1.807, 2.05) is 6.07 Å². The first-order valence-electron chi connectivity index (χ1n) is 14.4. The largest absolute Gasteiger partial charge is 0.0819 e. The van der Waals surface area contributed by atoms with Crippen LogP contribution in [0.25, 0.3) is 76.5 Å². The lowest BCUT2D eigenvalue weighted by Gasteiger charge is -2.20. The Balaban J connectivity index is 1.53. The quantitative estimate of drug-likeness (QED) is 0.0991. The van der Waals surface area contributed by atoms with E-state index < -0.39 is 0 Å². The fourth-order valence-electron chi connectivity index (χ4n) is 6.50. The van der Waals surface area contributed by atoms with Crippen LogP contribution in [0, 0.1) is 0 Å². The molecule has 0 bridgehead atoms. The Labute approximate surface area is 285 Å². The molecule has 8 rings (SSSR count). The molecule has 0 spiro atoms. The number of hydrogen-bond donors (Lipinski definition) is 0. The fourth-order valence-corrected chi connectivity index (χ4v) is 7.86. The standard InChI is InChI=1S/C40H21Cl5/c41-36-35(37(42)39(44)40(45)38(36)43)28-17-18-31-32(21-28)34(27-16-14-23-8-2-4-10-25(23)20-27)30-12-6-5-11-29(30)33(31)26-15-13-22-7-1-3-9-24(22)19-26/h1-21H. The normalized spacial score (nSPS) is 11.7. The Morgan fingerprint density at radius 2 is 0.644 bits per heavy atom. The summed E-state index contributed by atoms with van der Waals surface area (Å²) in [6.07, 6.45) is 0. The van der Waals surface area contributed by atoms with E-state index in [0.29, 0.717) is 5.56 Å². The first kappa shape index (κ1) is 28.7. The maximum Gasteiger partial charge on any atom is 0.0809 e. The summed E-state index contributed by atoms with van der Waals surface area (Å²) in [7, 11) is 0. The van der Waals surface area contributed by atoms with E-state index in [9.17, 15) is 0 Å². The van der Waals surface area contributed by atoms with E-state index in [-0.39, 0.29) is 25.1 Å². The van der Waals surface area contributed by atoms with E-state index in [1.54, 1.807) is 0 Å². The van der Waals surface area contributed by atoms with Crippen molar-refractivity contribution in [2.45, 2.75) is 0 Å². The Morgan fingerprint density at radius 3 is 1.18 bits per heavy atom. The molecule has 0 aliphatic heterocycles. The second-order valence-electron chi connectivity index (χ2n) is 11.1. The molecule has 0 saturated heterocycles. The van der Waals surface area contributed by atoms with Crippen LogP contribution in [0.15, 0.2) is 127 Å². The average Bonchev–Trinajstić information content (AvgIpc) is 3.08. The molecule has 0 aliphatic carbocycles. The number of fused-ring (bicyclic) bond motifs is 4. The Morgan fingerprint density at radius 1 is 0.267 bits per heavy atom. The molecule has 216 valence electrons. The van der Waals surface area contributed by atoms with E-state index in [2.05, 4.69) is 121 Å². The summed E-state index contributed by atoms with van der Waals surface area (Å²) in [6, 6.07) is 45.1. The van der Waals surface area contributed by atoms with Gasteiger partial charge in [0.25, 0.3) is 0 Å². The summed E-state index contributed by atoms with van der Waals surface area (Å²) < 4.78 is 0. The molecule has 0 N–H and O–H groups in total. The van der Waals surface area contributed by atoms with Gasteiger partial charge in [0.2, 0.25) is 0 Å². The van der Waals surface area contributed by atoms with Crippen molar-refractivity contribution in [3.63, 3.8) is 0 Å². The van der Waals surface area contributed by atoms with Crippen LogP contribution in [-0.4, -0.2) is 0 Å². The van der Waals surface area contributed by atoms with Gasteiger partial charge in [-0.15, -0.1) is 0 Å². The predicted molar refractivity (Wildman–Crippen MR) is 198 cm³/mol. The summed E-state index contributed by atoms with van der Waals surface area (Å²) in [5.41, 5.74) is 5.87. The zero-order valence-electron chi connectivity index (χ0n) is 23.5. The number of halogens is 5. The van der Waals surface area contributed by atoms with Crippen LogP contribution in [0.5, 0.6) is 0 Å². The van der Waals surface area contributed by atoms with Crippen molar-refractivity contribution in [3.05, 3.63) is 153 Å². The lowest BCUT2D eigenvalue weighted by molar-refractivity contribution is 1.63. The van der Waals surface area contributed by atoms with Crippen LogP contribution in [0.3, 0.4) is 0 Å². The highest BCUT2D eigenvalue weighted by molar-refractivity contribution is 6.56. The van der Waals surface area contributed by atoms with Crippen LogP contribution in [0.1, 0.15) is 0 Å². The highest BCUT2D eigenvalue weighted by atomic mass is 35.5. The molecule has 8 aromatic rings. The third-order valence-electron chi connectivity index (χ3n) is 8.60. The van der Waals surface area contributed by atoms with Gasteiger partial charge in [-0.05, 0) is 89.1 Å². The van der Waals surface area contributed by atoms with Crippen LogP contribution in [0.2, 0.25) is 25.1 Å². The van der Waals surface area contributed by atoms with Gasteiger partial charge in [0, 0.05) is 5.56 Å². The van der Waals surface area contributed by atoms with E-state index in [4.69, 9.17) is 58.0 Å². The predicted octanol–water partition coefficient (Wildman–Crippen LogP) is 14.6. The Bertz CT molecular complexity index is 2470. The van der Waals surface area contributed by atoms with Crippen LogP contribution >= 0.6 is 58.0 Å². The van der Waals surface area contributed by atoms with E-state index in [0.717, 1.165) is 44.0 Å². The molecule has 45 heavy (non-hydrogen) atoms. The van der Waals surface area contributed by atoms with Gasteiger partial charge >= 0.3 is 0 Å². The Kier molecular flexibility index (Phi) is 7.17. The van der Waals surface area contributed by atoms with Gasteiger partial charge in [-0.1, -0.05) is 167 Å². The van der Waals surface area contributed by atoms with E-state index >= 15 is 0 Å². The third kappa shape index (κ3) is 4.67. The third-order valence-corrected chi connectivity index (χ3v) is 10.9. The van der Waals surface area contributed by atoms with Crippen molar-refractivity contribution in [3.8, 4) is 33.4 Å². The summed E-state index contributed by atoms with van der Waals surface area (Å²) in [5.74, 6) is 0. The first-order valence-corrected chi connectivity index (χ1v) is 16.3. The van der Waals surface area contributed by atoms with Crippen molar-refractivity contribution in [1.29, 1.82) is 0 Å². The summed E-state index contributed by atoms with van der Waals surface area (Å²) >= 11 is 33.0. The molecule has 0 radical (unpaired) electrons. The van der Waals surface area contributed by atoms with Gasteiger partial charge in [0.15, 0.2) is 0 Å². The molecular formula is C40H21Cl5. The summed E-state index contributed by atoms with van der Waals surface area (Å²) in [5, 5.41) is 10.2. The maximum atomic E-state index is 6.80. The van der Waals surface area contributed by atoms with Crippen LogP contribution < -0.4 is 0 Å². The topological polar surface area (TPSA) is 0 Å². The molecule has 0 nitrogen and oxygen atoms in total. The SMILES string of the molecule is Clc1c(Cl)c(Cl)c(-c2ccc3c(-c4ccc5ccccc5c4)c4ccccc4c(-c4ccc5ccccc5c4)c3c2)c(Cl)c1Cl. The first-order chi connectivity index (χ1) is 21.9. The van der Waals surface area contributed by atoms with Crippen molar-refractivity contribution in [1.82, 2.24) is 0 Å². The molecule has 0 unspecified atom stereocenters. The monoisotopic (exact) mass is 676 g/mol. The molecule has 0 amide bonds. The van der Waals surface area contributed by atoms with Crippen molar-refractivity contribution in [2.24, 2.45) is 0 Å². The number of rotatable bonds is 3. The molecule has 0 fully saturated rings. The summed E-state index contributed by atoms with van der Waals surface area (Å²) in [4.78, 5) is 0. The zero-order chi connectivity index (χ0) is 30.8. The van der Waals surface area contributed by atoms with Crippen LogP contribution in [0.4, 0.5) is 0 Å². The van der Waals surface area contributed by atoms with Crippen LogP contribution in [-0.2, 0) is 0 Å².